The summed E-state index contributed by atoms with van der Waals surface area (Å²) in [5.74, 6) is -0.0260. The van der Waals surface area contributed by atoms with Crippen LogP contribution in [0.5, 0.6) is 0 Å². The molecule has 1 unspecified atom stereocenters. The normalized spacial score (nSPS) is 17.1. The maximum Gasteiger partial charge on any atom is 0.338 e. The van der Waals surface area contributed by atoms with Crippen molar-refractivity contribution in [1.29, 1.82) is 0 Å². The smallest absolute Gasteiger partial charge is 0.338 e. The fourth-order valence-electron chi connectivity index (χ4n) is 2.28. The van der Waals surface area contributed by atoms with Gasteiger partial charge in [0.2, 0.25) is 0 Å². The molecule has 0 saturated carbocycles. The minimum absolute atomic E-state index is 0.0216. The maximum atomic E-state index is 12.2. The van der Waals surface area contributed by atoms with Crippen molar-refractivity contribution < 1.29 is 14.5 Å². The first kappa shape index (κ1) is 16.8. The number of nitro groups is 1. The number of esters is 1. The van der Waals surface area contributed by atoms with Crippen LogP contribution in [0, 0.1) is 10.1 Å². The van der Waals surface area contributed by atoms with Crippen LogP contribution in [0.1, 0.15) is 25.5 Å². The summed E-state index contributed by atoms with van der Waals surface area (Å²) < 4.78 is 5.08. The Bertz CT molecular complexity index is 710. The van der Waals surface area contributed by atoms with E-state index in [1.165, 1.54) is 17.5 Å². The number of nitrogens with one attached hydrogen (secondary N) is 1. The first-order valence-electron chi connectivity index (χ1n) is 6.90. The largest absolute Gasteiger partial charge is 0.463 e. The molecule has 0 bridgehead atoms. The molecule has 1 aliphatic heterocycles. The van der Waals surface area contributed by atoms with Gasteiger partial charge in [-0.15, -0.1) is 0 Å². The molecule has 120 valence electrons. The second-order valence-electron chi connectivity index (χ2n) is 4.76. The van der Waals surface area contributed by atoms with E-state index in [1.807, 2.05) is 0 Å². The van der Waals surface area contributed by atoms with Crippen LogP contribution >= 0.6 is 12.2 Å². The molecule has 0 spiro atoms. The molecule has 23 heavy (non-hydrogen) atoms. The summed E-state index contributed by atoms with van der Waals surface area (Å²) in [7, 11) is 0. The Labute approximate surface area is 138 Å². The van der Waals surface area contributed by atoms with Gasteiger partial charge in [-0.05, 0) is 31.5 Å². The zero-order valence-corrected chi connectivity index (χ0v) is 13.4. The summed E-state index contributed by atoms with van der Waals surface area (Å²) in [6.07, 6.45) is 0. The Morgan fingerprint density at radius 2 is 2.13 bits per heavy atom. The molecule has 2 rings (SSSR count). The number of allylic oxidation sites excluding steroid dienone is 1. The molecule has 7 nitrogen and oxygen atoms in total. The minimum atomic E-state index is -0.526. The van der Waals surface area contributed by atoms with Crippen molar-refractivity contribution >= 4 is 35.1 Å². The van der Waals surface area contributed by atoms with E-state index in [9.17, 15) is 14.9 Å². The maximum absolute atomic E-state index is 12.2. The molecular weight excluding hydrogens is 318 g/mol. The number of benzene rings is 1. The zero-order chi connectivity index (χ0) is 17.0. The van der Waals surface area contributed by atoms with Crippen LogP contribution in [-0.4, -0.2) is 28.7 Å². The van der Waals surface area contributed by atoms with Gasteiger partial charge in [0.1, 0.15) is 5.84 Å². The lowest BCUT2D eigenvalue weighted by Crippen LogP contribution is -2.36. The molecule has 0 radical (unpaired) electrons. The van der Waals surface area contributed by atoms with Crippen LogP contribution in [0.4, 0.5) is 5.69 Å². The number of carbonyl (C=O) groups is 1. The van der Waals surface area contributed by atoms with Crippen LogP contribution in [0.3, 0.4) is 0 Å². The van der Waals surface area contributed by atoms with Crippen molar-refractivity contribution in [3.05, 3.63) is 51.2 Å². The van der Waals surface area contributed by atoms with Crippen molar-refractivity contribution in [2.75, 3.05) is 6.61 Å². The number of non-ortho nitro benzene ring substituents is 1. The third-order valence-electron chi connectivity index (χ3n) is 3.30. The van der Waals surface area contributed by atoms with Gasteiger partial charge in [-0.25, -0.2) is 9.79 Å². The Morgan fingerprint density at radius 1 is 1.48 bits per heavy atom. The van der Waals surface area contributed by atoms with Crippen LogP contribution in [0.25, 0.3) is 0 Å². The highest BCUT2D eigenvalue weighted by atomic mass is 32.1. The summed E-state index contributed by atoms with van der Waals surface area (Å²) >= 11 is 4.89. The van der Waals surface area contributed by atoms with Crippen molar-refractivity contribution in [2.24, 2.45) is 4.99 Å². The highest BCUT2D eigenvalue weighted by molar-refractivity contribution is 7.80. The average molecular weight is 333 g/mol. The van der Waals surface area contributed by atoms with Crippen LogP contribution in [-0.2, 0) is 9.53 Å². The number of thiocarbonyl (C=S) groups is 1. The Kier molecular flexibility index (Phi) is 5.17. The third-order valence-corrected chi connectivity index (χ3v) is 3.53. The van der Waals surface area contributed by atoms with Crippen molar-refractivity contribution in [3.8, 4) is 0 Å². The number of nitro benzene ring substituents is 1. The molecule has 0 aliphatic carbocycles. The molecule has 1 aliphatic rings. The first-order valence-corrected chi connectivity index (χ1v) is 7.37. The Morgan fingerprint density at radius 3 is 2.65 bits per heavy atom. The Hall–Kier alpha value is -2.61. The highest BCUT2D eigenvalue weighted by Crippen LogP contribution is 2.30. The van der Waals surface area contributed by atoms with Crippen molar-refractivity contribution in [3.63, 3.8) is 0 Å². The minimum Gasteiger partial charge on any atom is -0.463 e. The van der Waals surface area contributed by atoms with E-state index in [2.05, 4.69) is 10.3 Å². The number of hydrogen-bond acceptors (Lipinski definition) is 7. The predicted octanol–water partition coefficient (Wildman–Crippen LogP) is 2.47. The lowest BCUT2D eigenvalue weighted by molar-refractivity contribution is -0.384. The first-order chi connectivity index (χ1) is 11.0. The number of aliphatic imine (C=N–C) groups is 1. The lowest BCUT2D eigenvalue weighted by atomic mass is 9.95. The summed E-state index contributed by atoms with van der Waals surface area (Å²) in [5.41, 5.74) is 1.52. The number of hydrogen-bond donors (Lipinski definition) is 1. The molecule has 0 amide bonds. The number of carbonyl (C=O) groups excluding carboxylic acids is 1. The van der Waals surface area contributed by atoms with Gasteiger partial charge in [-0.2, -0.15) is 0 Å². The second kappa shape index (κ2) is 7.10. The van der Waals surface area contributed by atoms with E-state index in [1.54, 1.807) is 26.0 Å². The van der Waals surface area contributed by atoms with Gasteiger partial charge in [0.05, 0.1) is 28.8 Å². The molecule has 0 saturated heterocycles. The summed E-state index contributed by atoms with van der Waals surface area (Å²) in [4.78, 5) is 26.7. The van der Waals surface area contributed by atoms with Gasteiger partial charge < -0.3 is 10.1 Å². The van der Waals surface area contributed by atoms with Crippen molar-refractivity contribution in [1.82, 2.24) is 5.32 Å². The monoisotopic (exact) mass is 333 g/mol. The molecule has 8 heteroatoms. The molecule has 1 atom stereocenters. The molecule has 1 heterocycles. The number of ether oxygens (including phenoxy) is 1. The van der Waals surface area contributed by atoms with Gasteiger partial charge in [0, 0.05) is 17.5 Å². The second-order valence-corrected chi connectivity index (χ2v) is 5.00. The van der Waals surface area contributed by atoms with E-state index >= 15 is 0 Å². The van der Waals surface area contributed by atoms with Crippen molar-refractivity contribution in [2.45, 2.75) is 19.9 Å². The van der Waals surface area contributed by atoms with E-state index in [0.29, 0.717) is 22.7 Å². The zero-order valence-electron chi connectivity index (χ0n) is 12.6. The predicted molar refractivity (Wildman–Crippen MR) is 89.4 cm³/mol. The van der Waals surface area contributed by atoms with Crippen LogP contribution < -0.4 is 5.32 Å². The molecule has 1 aromatic carbocycles. The van der Waals surface area contributed by atoms with E-state index < -0.39 is 16.9 Å². The summed E-state index contributed by atoms with van der Waals surface area (Å²) in [6, 6.07) is 5.43. The van der Waals surface area contributed by atoms with E-state index in [4.69, 9.17) is 17.0 Å². The quantitative estimate of drug-likeness (QED) is 0.385. The van der Waals surface area contributed by atoms with Gasteiger partial charge in [0.25, 0.3) is 5.69 Å². The summed E-state index contributed by atoms with van der Waals surface area (Å²) in [5, 5.41) is 15.2. The van der Waals surface area contributed by atoms with Crippen LogP contribution in [0.2, 0.25) is 0 Å². The SMILES string of the molecule is CCOC(=O)C1=C(C)N=C(C=S)NC1c1ccc([N+](=O)[O-])cc1. The molecule has 0 fully saturated rings. The van der Waals surface area contributed by atoms with Crippen LogP contribution in [0.15, 0.2) is 40.5 Å². The molecular formula is C15H15N3O4S. The van der Waals surface area contributed by atoms with E-state index in [-0.39, 0.29) is 12.3 Å². The fraction of sp³-hybridized carbons (Fsp3) is 0.267. The summed E-state index contributed by atoms with van der Waals surface area (Å²) in [6.45, 7) is 3.66. The standard InChI is InChI=1S/C15H15N3O4S/c1-3-22-15(19)13-9(2)16-12(8-23)17-14(13)10-4-6-11(7-5-10)18(20)21/h4-8,14H,3H2,1-2H3,(H,16,17). The van der Waals surface area contributed by atoms with Gasteiger partial charge >= 0.3 is 5.97 Å². The van der Waals surface area contributed by atoms with Gasteiger partial charge in [-0.3, -0.25) is 10.1 Å². The van der Waals surface area contributed by atoms with Gasteiger partial charge in [0.15, 0.2) is 0 Å². The fourth-order valence-corrected chi connectivity index (χ4v) is 2.40. The average Bonchev–Trinajstić information content (AvgIpc) is 2.54. The number of amidine groups is 1. The molecule has 1 N–H and O–H groups in total. The lowest BCUT2D eigenvalue weighted by Gasteiger charge is -2.26. The third kappa shape index (κ3) is 3.59. The topological polar surface area (TPSA) is 93.8 Å². The van der Waals surface area contributed by atoms with Gasteiger partial charge in [-0.1, -0.05) is 12.2 Å². The molecule has 0 aromatic heterocycles. The number of rotatable bonds is 5. The van der Waals surface area contributed by atoms with E-state index in [0.717, 1.165) is 0 Å². The highest BCUT2D eigenvalue weighted by Gasteiger charge is 2.30. The Balaban J connectivity index is 2.45. The number of nitrogens with zero attached hydrogens (tertiary/aromatic N) is 2. The molecule has 1 aromatic rings.